The third-order valence-corrected chi connectivity index (χ3v) is 5.13. The molecular weight excluding hydrogens is 282 g/mol. The zero-order chi connectivity index (χ0) is 15.9. The van der Waals surface area contributed by atoms with Crippen LogP contribution in [0.5, 0.6) is 5.75 Å². The van der Waals surface area contributed by atoms with E-state index in [1.807, 2.05) is 0 Å². The van der Waals surface area contributed by atoms with Gasteiger partial charge in [0.15, 0.2) is 0 Å². The van der Waals surface area contributed by atoms with Crippen molar-refractivity contribution in [2.75, 3.05) is 13.7 Å². The van der Waals surface area contributed by atoms with Gasteiger partial charge in [-0.1, -0.05) is 42.5 Å². The Hall–Kier alpha value is -1.80. The molecule has 2 nitrogen and oxygen atoms in total. The van der Waals surface area contributed by atoms with Gasteiger partial charge in [-0.25, -0.2) is 0 Å². The molecule has 0 aliphatic heterocycles. The molecule has 1 saturated carbocycles. The highest BCUT2D eigenvalue weighted by atomic mass is 16.5. The fraction of sp³-hybridized carbons (Fsp3) is 0.429. The fourth-order valence-electron chi connectivity index (χ4n) is 3.69. The van der Waals surface area contributed by atoms with Crippen LogP contribution in [0, 0.1) is 0 Å². The van der Waals surface area contributed by atoms with Gasteiger partial charge in [0.2, 0.25) is 0 Å². The Bertz CT molecular complexity index is 571. The lowest BCUT2D eigenvalue weighted by Crippen LogP contribution is -2.90. The summed E-state index contributed by atoms with van der Waals surface area (Å²) in [5.41, 5.74) is 2.93. The Morgan fingerprint density at radius 1 is 0.913 bits per heavy atom. The van der Waals surface area contributed by atoms with Gasteiger partial charge in [-0.3, -0.25) is 0 Å². The van der Waals surface area contributed by atoms with Crippen molar-refractivity contribution >= 4 is 0 Å². The molecule has 2 aromatic rings. The van der Waals surface area contributed by atoms with Crippen LogP contribution in [0.1, 0.15) is 42.7 Å². The molecule has 0 atom stereocenters. The van der Waals surface area contributed by atoms with Crippen molar-refractivity contribution in [3.63, 3.8) is 0 Å². The van der Waals surface area contributed by atoms with E-state index >= 15 is 0 Å². The summed E-state index contributed by atoms with van der Waals surface area (Å²) in [4.78, 5) is 0. The van der Waals surface area contributed by atoms with E-state index < -0.39 is 0 Å². The van der Waals surface area contributed by atoms with Gasteiger partial charge in [0.1, 0.15) is 5.75 Å². The predicted molar refractivity (Wildman–Crippen MR) is 94.9 cm³/mol. The lowest BCUT2D eigenvalue weighted by atomic mass is 9.82. The molecule has 0 amide bonds. The van der Waals surface area contributed by atoms with Crippen LogP contribution in [0.3, 0.4) is 0 Å². The van der Waals surface area contributed by atoms with Gasteiger partial charge < -0.3 is 10.1 Å². The van der Waals surface area contributed by atoms with Crippen molar-refractivity contribution in [1.29, 1.82) is 0 Å². The molecule has 0 spiro atoms. The molecule has 1 aliphatic carbocycles. The first-order valence-electron chi connectivity index (χ1n) is 8.86. The highest BCUT2D eigenvalue weighted by molar-refractivity contribution is 5.27. The lowest BCUT2D eigenvalue weighted by Gasteiger charge is -2.27. The summed E-state index contributed by atoms with van der Waals surface area (Å²) < 4.78 is 5.21. The molecule has 1 aliphatic rings. The average Bonchev–Trinajstić information content (AvgIpc) is 2.64. The monoisotopic (exact) mass is 310 g/mol. The molecular formula is C21H28NO+. The van der Waals surface area contributed by atoms with Gasteiger partial charge >= 0.3 is 0 Å². The normalized spacial score (nSPS) is 21.1. The summed E-state index contributed by atoms with van der Waals surface area (Å²) in [5.74, 6) is 1.72. The van der Waals surface area contributed by atoms with E-state index in [1.54, 1.807) is 7.11 Å². The van der Waals surface area contributed by atoms with Gasteiger partial charge in [-0.2, -0.15) is 0 Å². The van der Waals surface area contributed by atoms with E-state index in [9.17, 15) is 0 Å². The Balaban J connectivity index is 1.39. The summed E-state index contributed by atoms with van der Waals surface area (Å²) >= 11 is 0. The quantitative estimate of drug-likeness (QED) is 0.868. The number of ether oxygens (including phenoxy) is 1. The second kappa shape index (κ2) is 8.16. The second-order valence-electron chi connectivity index (χ2n) is 6.64. The van der Waals surface area contributed by atoms with Gasteiger partial charge in [0.25, 0.3) is 0 Å². The van der Waals surface area contributed by atoms with Crippen molar-refractivity contribution in [3.8, 4) is 5.75 Å². The third kappa shape index (κ3) is 4.59. The van der Waals surface area contributed by atoms with Crippen molar-refractivity contribution in [3.05, 3.63) is 65.7 Å². The minimum Gasteiger partial charge on any atom is -0.497 e. The molecule has 0 aromatic heterocycles. The maximum absolute atomic E-state index is 5.21. The van der Waals surface area contributed by atoms with Crippen LogP contribution in [-0.2, 0) is 6.42 Å². The molecule has 0 radical (unpaired) electrons. The first kappa shape index (κ1) is 16.1. The number of hydrogen-bond acceptors (Lipinski definition) is 1. The van der Waals surface area contributed by atoms with Crippen LogP contribution in [0.25, 0.3) is 0 Å². The average molecular weight is 310 g/mol. The van der Waals surface area contributed by atoms with Crippen LogP contribution >= 0.6 is 0 Å². The van der Waals surface area contributed by atoms with Crippen molar-refractivity contribution < 1.29 is 10.1 Å². The molecule has 122 valence electrons. The van der Waals surface area contributed by atoms with Gasteiger partial charge in [-0.05, 0) is 54.9 Å². The minimum absolute atomic E-state index is 0.780. The highest BCUT2D eigenvalue weighted by Gasteiger charge is 2.23. The number of nitrogens with two attached hydrogens (primary N) is 1. The van der Waals surface area contributed by atoms with E-state index in [-0.39, 0.29) is 0 Å². The van der Waals surface area contributed by atoms with Gasteiger partial charge in [-0.15, -0.1) is 0 Å². The first-order chi connectivity index (χ1) is 11.3. The molecule has 0 saturated heterocycles. The number of methoxy groups -OCH3 is 1. The van der Waals surface area contributed by atoms with Crippen molar-refractivity contribution in [1.82, 2.24) is 0 Å². The van der Waals surface area contributed by atoms with Gasteiger partial charge in [0, 0.05) is 6.42 Å². The summed E-state index contributed by atoms with van der Waals surface area (Å²) in [6.07, 6.45) is 6.52. The minimum atomic E-state index is 0.780. The largest absolute Gasteiger partial charge is 0.497 e. The Labute approximate surface area is 139 Å². The molecule has 2 N–H and O–H groups in total. The van der Waals surface area contributed by atoms with Crippen LogP contribution in [0.2, 0.25) is 0 Å². The molecule has 3 rings (SSSR count). The topological polar surface area (TPSA) is 25.8 Å². The predicted octanol–water partition coefficient (Wildman–Crippen LogP) is 3.53. The number of quaternary nitrogens is 1. The van der Waals surface area contributed by atoms with E-state index in [0.717, 1.165) is 24.1 Å². The molecule has 23 heavy (non-hydrogen) atoms. The zero-order valence-electron chi connectivity index (χ0n) is 14.1. The third-order valence-electron chi connectivity index (χ3n) is 5.13. The smallest absolute Gasteiger partial charge is 0.118 e. The summed E-state index contributed by atoms with van der Waals surface area (Å²) in [6.45, 7) is 1.19. The second-order valence-corrected chi connectivity index (χ2v) is 6.64. The first-order valence-corrected chi connectivity index (χ1v) is 8.86. The summed E-state index contributed by atoms with van der Waals surface area (Å²) in [7, 11) is 1.72. The van der Waals surface area contributed by atoms with E-state index in [1.165, 1.54) is 43.4 Å². The molecule has 0 unspecified atom stereocenters. The fourth-order valence-corrected chi connectivity index (χ4v) is 3.69. The SMILES string of the molecule is COc1ccc(CC[NH2+]C2CCC(c3ccccc3)CC2)cc1. The standard InChI is InChI=1S/C21H27NO/c1-23-21-13-7-17(8-14-21)15-16-22-20-11-9-19(10-12-20)18-5-3-2-4-6-18/h2-8,13-14,19-20,22H,9-12,15-16H2,1H3/p+1. The van der Waals surface area contributed by atoms with Crippen LogP contribution in [-0.4, -0.2) is 19.7 Å². The molecule has 0 bridgehead atoms. The maximum Gasteiger partial charge on any atom is 0.118 e. The zero-order valence-corrected chi connectivity index (χ0v) is 14.1. The Kier molecular flexibility index (Phi) is 5.71. The van der Waals surface area contributed by atoms with Crippen LogP contribution in [0.4, 0.5) is 0 Å². The molecule has 2 aromatic carbocycles. The van der Waals surface area contributed by atoms with Crippen LogP contribution in [0.15, 0.2) is 54.6 Å². The number of rotatable bonds is 6. The van der Waals surface area contributed by atoms with Gasteiger partial charge in [0.05, 0.1) is 19.7 Å². The van der Waals surface area contributed by atoms with Crippen LogP contribution < -0.4 is 10.1 Å². The van der Waals surface area contributed by atoms with Crippen molar-refractivity contribution in [2.24, 2.45) is 0 Å². The summed E-state index contributed by atoms with van der Waals surface area (Å²) in [5, 5.41) is 2.56. The van der Waals surface area contributed by atoms with Crippen molar-refractivity contribution in [2.45, 2.75) is 44.1 Å². The highest BCUT2D eigenvalue weighted by Crippen LogP contribution is 2.31. The number of benzene rings is 2. The van der Waals surface area contributed by atoms with E-state index in [4.69, 9.17) is 4.74 Å². The van der Waals surface area contributed by atoms with E-state index in [2.05, 4.69) is 59.9 Å². The molecule has 0 heterocycles. The Morgan fingerprint density at radius 2 is 1.61 bits per heavy atom. The molecule has 1 fully saturated rings. The van der Waals surface area contributed by atoms with E-state index in [0.29, 0.717) is 0 Å². The number of hydrogen-bond donors (Lipinski definition) is 1. The maximum atomic E-state index is 5.21. The summed E-state index contributed by atoms with van der Waals surface area (Å²) in [6, 6.07) is 20.3. The molecule has 2 heteroatoms. The Morgan fingerprint density at radius 3 is 2.26 bits per heavy atom. The lowest BCUT2D eigenvalue weighted by molar-refractivity contribution is -0.691.